The number of aromatic nitrogens is 2. The number of halogens is 2. The van der Waals surface area contributed by atoms with Crippen LogP contribution < -0.4 is 5.32 Å². The van der Waals surface area contributed by atoms with Crippen molar-refractivity contribution in [3.05, 3.63) is 47.4 Å². The number of rotatable bonds is 3. The molecule has 1 fully saturated rings. The molecule has 1 aromatic carbocycles. The van der Waals surface area contributed by atoms with Gasteiger partial charge in [0.15, 0.2) is 5.82 Å². The Labute approximate surface area is 121 Å². The monoisotopic (exact) mass is 299 g/mol. The molecule has 0 unspecified atom stereocenters. The van der Waals surface area contributed by atoms with Crippen LogP contribution in [-0.2, 0) is 11.2 Å². The normalized spacial score (nSPS) is 18.6. The zero-order valence-electron chi connectivity index (χ0n) is 10.7. The summed E-state index contributed by atoms with van der Waals surface area (Å²) in [4.78, 5) is 4.29. The lowest BCUT2D eigenvalue weighted by Crippen LogP contribution is -2.33. The van der Waals surface area contributed by atoms with Gasteiger partial charge in [-0.1, -0.05) is 17.3 Å². The second-order valence-electron chi connectivity index (χ2n) is 4.42. The van der Waals surface area contributed by atoms with Crippen molar-refractivity contribution in [1.82, 2.24) is 15.5 Å². The van der Waals surface area contributed by atoms with E-state index in [9.17, 15) is 4.39 Å². The molecule has 1 N–H and O–H groups in total. The van der Waals surface area contributed by atoms with Crippen molar-refractivity contribution in [2.45, 2.75) is 12.5 Å². The zero-order chi connectivity index (χ0) is 13.1. The van der Waals surface area contributed by atoms with E-state index in [1.54, 1.807) is 6.07 Å². The molecule has 3 rings (SSSR count). The summed E-state index contributed by atoms with van der Waals surface area (Å²) >= 11 is 0. The fourth-order valence-corrected chi connectivity index (χ4v) is 2.02. The Kier molecular flexibility index (Phi) is 5.05. The Morgan fingerprint density at radius 2 is 2.30 bits per heavy atom. The van der Waals surface area contributed by atoms with E-state index in [-0.39, 0.29) is 24.3 Å². The van der Waals surface area contributed by atoms with Crippen LogP contribution in [0.5, 0.6) is 0 Å². The molecule has 0 spiro atoms. The highest BCUT2D eigenvalue weighted by molar-refractivity contribution is 5.85. The van der Waals surface area contributed by atoms with Crippen LogP contribution in [-0.4, -0.2) is 29.8 Å². The largest absolute Gasteiger partial charge is 0.366 e. The summed E-state index contributed by atoms with van der Waals surface area (Å²) in [5.74, 6) is 0.745. The van der Waals surface area contributed by atoms with E-state index in [4.69, 9.17) is 9.26 Å². The summed E-state index contributed by atoms with van der Waals surface area (Å²) in [6, 6.07) is 6.37. The quantitative estimate of drug-likeness (QED) is 0.938. The second kappa shape index (κ2) is 6.78. The molecule has 2 aromatic rings. The fraction of sp³-hybridized carbons (Fsp3) is 0.385. The first-order valence-corrected chi connectivity index (χ1v) is 6.20. The molecule has 20 heavy (non-hydrogen) atoms. The van der Waals surface area contributed by atoms with Crippen molar-refractivity contribution in [3.8, 4) is 0 Å². The first kappa shape index (κ1) is 14.9. The Morgan fingerprint density at radius 3 is 3.05 bits per heavy atom. The Balaban J connectivity index is 0.00000147. The SMILES string of the molecule is Cl.Fc1cccc(Cc2noc([C@@H]3CNCCO3)n2)c1. The molecule has 0 amide bonds. The second-order valence-corrected chi connectivity index (χ2v) is 4.42. The molecule has 2 heterocycles. The molecule has 1 aliphatic heterocycles. The fourth-order valence-electron chi connectivity index (χ4n) is 2.02. The highest BCUT2D eigenvalue weighted by atomic mass is 35.5. The van der Waals surface area contributed by atoms with Gasteiger partial charge in [0.1, 0.15) is 11.9 Å². The molecule has 0 bridgehead atoms. The van der Waals surface area contributed by atoms with Gasteiger partial charge in [0, 0.05) is 19.5 Å². The van der Waals surface area contributed by atoms with Crippen molar-refractivity contribution in [1.29, 1.82) is 0 Å². The van der Waals surface area contributed by atoms with Crippen molar-refractivity contribution in [2.24, 2.45) is 0 Å². The lowest BCUT2D eigenvalue weighted by molar-refractivity contribution is 0.00755. The predicted octanol–water partition coefficient (Wildman–Crippen LogP) is 1.88. The van der Waals surface area contributed by atoms with Crippen molar-refractivity contribution in [2.75, 3.05) is 19.7 Å². The third-order valence-electron chi connectivity index (χ3n) is 2.94. The molecule has 1 aromatic heterocycles. The Hall–Kier alpha value is -1.50. The van der Waals surface area contributed by atoms with Crippen molar-refractivity contribution < 1.29 is 13.7 Å². The number of nitrogens with zero attached hydrogens (tertiary/aromatic N) is 2. The lowest BCUT2D eigenvalue weighted by atomic mass is 10.1. The first-order chi connectivity index (χ1) is 9.31. The average molecular weight is 300 g/mol. The van der Waals surface area contributed by atoms with Gasteiger partial charge in [0.25, 0.3) is 5.89 Å². The van der Waals surface area contributed by atoms with Crippen LogP contribution in [0, 0.1) is 5.82 Å². The van der Waals surface area contributed by atoms with Crippen LogP contribution in [0.3, 0.4) is 0 Å². The van der Waals surface area contributed by atoms with Crippen LogP contribution in [0.2, 0.25) is 0 Å². The van der Waals surface area contributed by atoms with Gasteiger partial charge >= 0.3 is 0 Å². The van der Waals surface area contributed by atoms with E-state index in [2.05, 4.69) is 15.5 Å². The number of nitrogens with one attached hydrogen (secondary N) is 1. The van der Waals surface area contributed by atoms with E-state index in [0.717, 1.165) is 12.1 Å². The third-order valence-corrected chi connectivity index (χ3v) is 2.94. The highest BCUT2D eigenvalue weighted by Gasteiger charge is 2.22. The van der Waals surface area contributed by atoms with Gasteiger partial charge in [0.2, 0.25) is 0 Å². The van der Waals surface area contributed by atoms with Crippen molar-refractivity contribution >= 4 is 12.4 Å². The predicted molar refractivity (Wildman–Crippen MR) is 72.3 cm³/mol. The average Bonchev–Trinajstić information content (AvgIpc) is 2.88. The zero-order valence-corrected chi connectivity index (χ0v) is 11.5. The molecule has 108 valence electrons. The minimum Gasteiger partial charge on any atom is -0.366 e. The van der Waals surface area contributed by atoms with Crippen LogP contribution in [0.15, 0.2) is 28.8 Å². The molecule has 0 aliphatic carbocycles. The van der Waals surface area contributed by atoms with Crippen molar-refractivity contribution in [3.63, 3.8) is 0 Å². The van der Waals surface area contributed by atoms with Gasteiger partial charge in [-0.3, -0.25) is 0 Å². The number of ether oxygens (including phenoxy) is 1. The summed E-state index contributed by atoms with van der Waals surface area (Å²) in [5.41, 5.74) is 0.815. The molecule has 1 saturated heterocycles. The Bertz CT molecular complexity index is 558. The maximum atomic E-state index is 13.1. The van der Waals surface area contributed by atoms with Gasteiger partial charge in [-0.05, 0) is 17.7 Å². The van der Waals surface area contributed by atoms with Crippen LogP contribution in [0.4, 0.5) is 4.39 Å². The topological polar surface area (TPSA) is 60.2 Å². The van der Waals surface area contributed by atoms with Crippen LogP contribution in [0.1, 0.15) is 23.4 Å². The van der Waals surface area contributed by atoms with Gasteiger partial charge in [-0.15, -0.1) is 12.4 Å². The van der Waals surface area contributed by atoms with E-state index < -0.39 is 0 Å². The van der Waals surface area contributed by atoms with E-state index in [1.807, 2.05) is 6.07 Å². The highest BCUT2D eigenvalue weighted by Crippen LogP contribution is 2.17. The molecule has 0 radical (unpaired) electrons. The summed E-state index contributed by atoms with van der Waals surface area (Å²) < 4.78 is 23.8. The van der Waals surface area contributed by atoms with Gasteiger partial charge in [-0.2, -0.15) is 4.98 Å². The molecule has 7 heteroatoms. The number of morpholine rings is 1. The van der Waals surface area contributed by atoms with Gasteiger partial charge in [0.05, 0.1) is 6.61 Å². The molecule has 1 aliphatic rings. The van der Waals surface area contributed by atoms with E-state index in [1.165, 1.54) is 12.1 Å². The summed E-state index contributed by atoms with van der Waals surface area (Å²) in [6.07, 6.45) is 0.254. The lowest BCUT2D eigenvalue weighted by Gasteiger charge is -2.19. The standard InChI is InChI=1S/C13H14FN3O2.ClH/c14-10-3-1-2-9(6-10)7-12-16-13(19-17-12)11-8-15-4-5-18-11;/h1-3,6,11,15H,4-5,7-8H2;1H/t11-;/m0./s1. The number of hydrogen-bond donors (Lipinski definition) is 1. The smallest absolute Gasteiger partial charge is 0.257 e. The number of benzene rings is 1. The molecular formula is C13H15ClFN3O2. The Morgan fingerprint density at radius 1 is 1.40 bits per heavy atom. The molecular weight excluding hydrogens is 285 g/mol. The minimum atomic E-state index is -0.263. The van der Waals surface area contributed by atoms with Gasteiger partial charge in [-0.25, -0.2) is 4.39 Å². The van der Waals surface area contributed by atoms with E-state index >= 15 is 0 Å². The molecule has 5 nitrogen and oxygen atoms in total. The molecule has 0 saturated carbocycles. The maximum absolute atomic E-state index is 13.1. The van der Waals surface area contributed by atoms with E-state index in [0.29, 0.717) is 31.3 Å². The summed E-state index contributed by atoms with van der Waals surface area (Å²) in [6.45, 7) is 2.13. The van der Waals surface area contributed by atoms with Gasteiger partial charge < -0.3 is 14.6 Å². The van der Waals surface area contributed by atoms with Crippen LogP contribution >= 0.6 is 12.4 Å². The maximum Gasteiger partial charge on any atom is 0.257 e. The summed E-state index contributed by atoms with van der Waals surface area (Å²) in [5, 5.41) is 7.10. The first-order valence-electron chi connectivity index (χ1n) is 6.20. The summed E-state index contributed by atoms with van der Waals surface area (Å²) in [7, 11) is 0. The van der Waals surface area contributed by atoms with Crippen LogP contribution in [0.25, 0.3) is 0 Å². The molecule has 1 atom stereocenters. The number of hydrogen-bond acceptors (Lipinski definition) is 5. The minimum absolute atomic E-state index is 0. The third kappa shape index (κ3) is 3.53.